The Morgan fingerprint density at radius 2 is 1.42 bits per heavy atom. The minimum absolute atomic E-state index is 0.0963. The lowest BCUT2D eigenvalue weighted by Gasteiger charge is -2.15. The van der Waals surface area contributed by atoms with Gasteiger partial charge in [-0.15, -0.1) is 0 Å². The number of hydrogen-bond acceptors (Lipinski definition) is 3. The molecule has 1 aliphatic carbocycles. The van der Waals surface area contributed by atoms with Crippen molar-refractivity contribution in [2.45, 2.75) is 19.3 Å². The molecule has 0 aromatic carbocycles. The van der Waals surface area contributed by atoms with E-state index in [1.54, 1.807) is 12.5 Å². The predicted molar refractivity (Wildman–Crippen MR) is 72.2 cm³/mol. The molecule has 3 heteroatoms. The molecule has 0 radical (unpaired) electrons. The van der Waals surface area contributed by atoms with Gasteiger partial charge in [-0.2, -0.15) is 0 Å². The summed E-state index contributed by atoms with van der Waals surface area (Å²) in [4.78, 5) is 12.4. The fourth-order valence-corrected chi connectivity index (χ4v) is 2.27. The van der Waals surface area contributed by atoms with E-state index in [1.165, 1.54) is 0 Å². The molecular weight excluding hydrogens is 240 g/mol. The number of hydrogen-bond donors (Lipinski definition) is 0. The fourth-order valence-electron chi connectivity index (χ4n) is 2.27. The Labute approximate surface area is 111 Å². The molecule has 1 fully saturated rings. The van der Waals surface area contributed by atoms with Crippen LogP contribution in [0.4, 0.5) is 0 Å². The molecule has 0 N–H and O–H groups in total. The second-order valence-electron chi connectivity index (χ2n) is 4.55. The van der Waals surface area contributed by atoms with E-state index in [4.69, 9.17) is 8.83 Å². The largest absolute Gasteiger partial charge is 0.465 e. The first-order valence-electron chi connectivity index (χ1n) is 6.36. The molecule has 3 rings (SSSR count). The first-order valence-corrected chi connectivity index (χ1v) is 6.36. The van der Waals surface area contributed by atoms with Crippen LogP contribution in [0.1, 0.15) is 30.8 Å². The highest BCUT2D eigenvalue weighted by molar-refractivity contribution is 6.13. The molecule has 2 aromatic heterocycles. The summed E-state index contributed by atoms with van der Waals surface area (Å²) in [6.45, 7) is 0. The van der Waals surface area contributed by atoms with Gasteiger partial charge in [-0.3, -0.25) is 4.79 Å². The second kappa shape index (κ2) is 5.14. The quantitative estimate of drug-likeness (QED) is 0.758. The van der Waals surface area contributed by atoms with E-state index in [-0.39, 0.29) is 5.78 Å². The monoisotopic (exact) mass is 254 g/mol. The predicted octanol–water partition coefficient (Wildman–Crippen LogP) is 4.09. The van der Waals surface area contributed by atoms with Crippen molar-refractivity contribution in [1.29, 1.82) is 0 Å². The normalized spacial score (nSPS) is 20.3. The maximum atomic E-state index is 12.4. The highest BCUT2D eigenvalue weighted by Gasteiger charge is 2.21. The Morgan fingerprint density at radius 3 is 1.84 bits per heavy atom. The lowest BCUT2D eigenvalue weighted by Crippen LogP contribution is -2.12. The van der Waals surface area contributed by atoms with Crippen LogP contribution < -0.4 is 0 Å². The summed E-state index contributed by atoms with van der Waals surface area (Å²) in [5.41, 5.74) is 1.61. The number of ketones is 1. The van der Waals surface area contributed by atoms with E-state index in [0.717, 1.165) is 41.9 Å². The minimum Gasteiger partial charge on any atom is -0.465 e. The molecular formula is C16H14O3. The molecule has 0 amide bonds. The third-order valence-electron chi connectivity index (χ3n) is 3.19. The summed E-state index contributed by atoms with van der Waals surface area (Å²) >= 11 is 0. The molecule has 0 spiro atoms. The summed E-state index contributed by atoms with van der Waals surface area (Å²) in [5.74, 6) is 1.55. The molecule has 0 saturated heterocycles. The third-order valence-corrected chi connectivity index (χ3v) is 3.19. The van der Waals surface area contributed by atoms with Crippen molar-refractivity contribution < 1.29 is 13.6 Å². The molecule has 0 unspecified atom stereocenters. The van der Waals surface area contributed by atoms with Crippen molar-refractivity contribution in [2.75, 3.05) is 0 Å². The Morgan fingerprint density at radius 1 is 0.895 bits per heavy atom. The van der Waals surface area contributed by atoms with Gasteiger partial charge in [0.15, 0.2) is 5.78 Å². The van der Waals surface area contributed by atoms with E-state index in [9.17, 15) is 4.79 Å². The molecule has 2 heterocycles. The highest BCUT2D eigenvalue weighted by Crippen LogP contribution is 2.28. The second-order valence-corrected chi connectivity index (χ2v) is 4.55. The zero-order valence-corrected chi connectivity index (χ0v) is 10.5. The van der Waals surface area contributed by atoms with E-state index in [1.807, 2.05) is 36.4 Å². The van der Waals surface area contributed by atoms with Crippen molar-refractivity contribution >= 4 is 17.9 Å². The van der Waals surface area contributed by atoms with Crippen molar-refractivity contribution in [3.63, 3.8) is 0 Å². The standard InChI is InChI=1S/C16H14O3/c17-16-12(10-14-6-2-8-18-14)4-1-5-13(16)11-15-7-3-9-19-15/h2-3,6-11H,1,4-5H2/b12-10+,13-11+. The average Bonchev–Trinajstić information content (AvgIpc) is 3.07. The van der Waals surface area contributed by atoms with Crippen LogP contribution in [0.3, 0.4) is 0 Å². The molecule has 2 aromatic rings. The van der Waals surface area contributed by atoms with Crippen LogP contribution in [-0.2, 0) is 4.79 Å². The zero-order valence-electron chi connectivity index (χ0n) is 10.5. The molecule has 0 aliphatic heterocycles. The van der Waals surface area contributed by atoms with E-state index < -0.39 is 0 Å². The van der Waals surface area contributed by atoms with Gasteiger partial charge in [0.25, 0.3) is 0 Å². The van der Waals surface area contributed by atoms with Crippen molar-refractivity contribution in [3.8, 4) is 0 Å². The molecule has 3 nitrogen and oxygen atoms in total. The van der Waals surface area contributed by atoms with Crippen molar-refractivity contribution in [1.82, 2.24) is 0 Å². The lowest BCUT2D eigenvalue weighted by molar-refractivity contribution is -0.112. The highest BCUT2D eigenvalue weighted by atomic mass is 16.3. The molecule has 96 valence electrons. The van der Waals surface area contributed by atoms with Crippen molar-refractivity contribution in [3.05, 3.63) is 59.5 Å². The molecule has 0 atom stereocenters. The number of furan rings is 2. The molecule has 19 heavy (non-hydrogen) atoms. The zero-order chi connectivity index (χ0) is 13.1. The molecule has 1 saturated carbocycles. The SMILES string of the molecule is O=C1/C(=C/c2ccco2)CCC/C1=C\c1ccco1. The molecule has 1 aliphatic rings. The fraction of sp³-hybridized carbons (Fsp3) is 0.188. The number of rotatable bonds is 2. The first-order chi connectivity index (χ1) is 9.33. The van der Waals surface area contributed by atoms with Crippen molar-refractivity contribution in [2.24, 2.45) is 0 Å². The number of carbonyl (C=O) groups excluding carboxylic acids is 1. The summed E-state index contributed by atoms with van der Waals surface area (Å²) in [6.07, 6.45) is 9.46. The Balaban J connectivity index is 1.87. The van der Waals surface area contributed by atoms with Crippen LogP contribution in [0.5, 0.6) is 0 Å². The van der Waals surface area contributed by atoms with Gasteiger partial charge in [0.1, 0.15) is 11.5 Å². The van der Waals surface area contributed by atoms with E-state index in [0.29, 0.717) is 0 Å². The van der Waals surface area contributed by atoms with E-state index >= 15 is 0 Å². The van der Waals surface area contributed by atoms with Gasteiger partial charge in [0, 0.05) is 11.1 Å². The van der Waals surface area contributed by atoms with Gasteiger partial charge in [0.2, 0.25) is 0 Å². The van der Waals surface area contributed by atoms with Gasteiger partial charge in [-0.25, -0.2) is 0 Å². The van der Waals surface area contributed by atoms with Crippen LogP contribution in [0.15, 0.2) is 56.8 Å². The van der Waals surface area contributed by atoms with Crippen LogP contribution in [0.25, 0.3) is 12.2 Å². The number of Topliss-reactive ketones (excluding diaryl/α,β-unsaturated/α-hetero) is 1. The summed E-state index contributed by atoms with van der Waals surface area (Å²) in [7, 11) is 0. The third kappa shape index (κ3) is 2.60. The van der Waals surface area contributed by atoms with Gasteiger partial charge in [-0.1, -0.05) is 0 Å². The summed E-state index contributed by atoms with van der Waals surface area (Å²) in [6, 6.07) is 7.34. The maximum absolute atomic E-state index is 12.4. The average molecular weight is 254 g/mol. The Bertz CT molecular complexity index is 559. The molecule has 0 bridgehead atoms. The van der Waals surface area contributed by atoms with Crippen LogP contribution in [0, 0.1) is 0 Å². The summed E-state index contributed by atoms with van der Waals surface area (Å²) in [5, 5.41) is 0. The van der Waals surface area contributed by atoms with Gasteiger partial charge in [0.05, 0.1) is 12.5 Å². The van der Waals surface area contributed by atoms with Crippen LogP contribution >= 0.6 is 0 Å². The van der Waals surface area contributed by atoms with Gasteiger partial charge in [-0.05, 0) is 55.7 Å². The minimum atomic E-state index is 0.0963. The van der Waals surface area contributed by atoms with Crippen LogP contribution in [0.2, 0.25) is 0 Å². The van der Waals surface area contributed by atoms with Gasteiger partial charge < -0.3 is 8.83 Å². The summed E-state index contributed by atoms with van der Waals surface area (Å²) < 4.78 is 10.5. The van der Waals surface area contributed by atoms with Gasteiger partial charge >= 0.3 is 0 Å². The first kappa shape index (κ1) is 11.8. The number of allylic oxidation sites excluding steroid dienone is 2. The Kier molecular flexibility index (Phi) is 3.19. The van der Waals surface area contributed by atoms with Crippen LogP contribution in [-0.4, -0.2) is 5.78 Å². The number of carbonyl (C=O) groups is 1. The Hall–Kier alpha value is -2.29. The lowest BCUT2D eigenvalue weighted by atomic mass is 9.88. The smallest absolute Gasteiger partial charge is 0.185 e. The maximum Gasteiger partial charge on any atom is 0.185 e. The topological polar surface area (TPSA) is 43.4 Å². The van der Waals surface area contributed by atoms with E-state index in [2.05, 4.69) is 0 Å².